The fraction of sp³-hybridized carbons (Fsp3) is 0.533. The molecule has 2 rings (SSSR count). The Labute approximate surface area is 132 Å². The predicted octanol–water partition coefficient (Wildman–Crippen LogP) is 2.52. The molecule has 1 aliphatic carbocycles. The molecule has 6 heteroatoms. The van der Waals surface area contributed by atoms with Crippen LogP contribution < -0.4 is 5.73 Å². The van der Waals surface area contributed by atoms with Crippen LogP contribution in [0.4, 0.5) is 0 Å². The van der Waals surface area contributed by atoms with E-state index in [0.717, 1.165) is 19.3 Å². The highest BCUT2D eigenvalue weighted by Gasteiger charge is 2.32. The second kappa shape index (κ2) is 6.42. The minimum atomic E-state index is -3.57. The van der Waals surface area contributed by atoms with Crippen molar-refractivity contribution in [3.63, 3.8) is 0 Å². The summed E-state index contributed by atoms with van der Waals surface area (Å²) in [4.78, 5) is 0.317. The number of benzene rings is 1. The van der Waals surface area contributed by atoms with Gasteiger partial charge < -0.3 is 5.73 Å². The Morgan fingerprint density at radius 1 is 1.33 bits per heavy atom. The maximum Gasteiger partial charge on any atom is 0.243 e. The molecule has 1 aliphatic rings. The third-order valence-electron chi connectivity index (χ3n) is 4.23. The summed E-state index contributed by atoms with van der Waals surface area (Å²) in [6, 6.07) is 6.74. The first-order valence-corrected chi connectivity index (χ1v) is 9.05. The van der Waals surface area contributed by atoms with Crippen LogP contribution in [0.3, 0.4) is 0 Å². The lowest BCUT2D eigenvalue weighted by Gasteiger charge is -2.33. The van der Waals surface area contributed by atoms with Gasteiger partial charge in [0.1, 0.15) is 4.99 Å². The van der Waals surface area contributed by atoms with E-state index in [-0.39, 0.29) is 15.9 Å². The average Bonchev–Trinajstić information content (AvgIpc) is 2.46. The van der Waals surface area contributed by atoms with Crippen molar-refractivity contribution in [3.8, 4) is 0 Å². The molecule has 0 amide bonds. The van der Waals surface area contributed by atoms with Crippen LogP contribution >= 0.6 is 12.2 Å². The number of rotatable bonds is 4. The molecule has 0 spiro atoms. The van der Waals surface area contributed by atoms with Crippen molar-refractivity contribution in [3.05, 3.63) is 29.8 Å². The number of thiocarbonyl (C=S) groups is 1. The van der Waals surface area contributed by atoms with E-state index in [4.69, 9.17) is 18.0 Å². The van der Waals surface area contributed by atoms with Gasteiger partial charge in [-0.15, -0.1) is 0 Å². The second-order valence-corrected chi connectivity index (χ2v) is 8.21. The zero-order valence-corrected chi connectivity index (χ0v) is 14.1. The maximum atomic E-state index is 12.9. The van der Waals surface area contributed by atoms with E-state index < -0.39 is 10.0 Å². The highest BCUT2D eigenvalue weighted by atomic mass is 32.2. The van der Waals surface area contributed by atoms with Crippen LogP contribution in [-0.4, -0.2) is 30.8 Å². The molecule has 2 unspecified atom stereocenters. The first-order valence-electron chi connectivity index (χ1n) is 7.21. The van der Waals surface area contributed by atoms with E-state index in [2.05, 4.69) is 6.92 Å². The molecule has 21 heavy (non-hydrogen) atoms. The lowest BCUT2D eigenvalue weighted by molar-refractivity contribution is 0.239. The van der Waals surface area contributed by atoms with Gasteiger partial charge in [0, 0.05) is 18.7 Å². The Morgan fingerprint density at radius 2 is 2.00 bits per heavy atom. The summed E-state index contributed by atoms with van der Waals surface area (Å²) in [7, 11) is -1.91. The van der Waals surface area contributed by atoms with Crippen LogP contribution in [0.1, 0.15) is 38.2 Å². The summed E-state index contributed by atoms with van der Waals surface area (Å²) in [6.07, 6.45) is 4.07. The SMILES string of the molecule is CC1CCCC(N(C)S(=O)(=O)c2ccccc2C(N)=S)C1. The highest BCUT2D eigenvalue weighted by Crippen LogP contribution is 2.30. The van der Waals surface area contributed by atoms with Crippen molar-refractivity contribution in [1.82, 2.24) is 4.31 Å². The molecule has 0 radical (unpaired) electrons. The van der Waals surface area contributed by atoms with Gasteiger partial charge in [0.2, 0.25) is 10.0 Å². The van der Waals surface area contributed by atoms with Crippen LogP contribution in [-0.2, 0) is 10.0 Å². The Hall–Kier alpha value is -0.980. The molecular weight excluding hydrogens is 304 g/mol. The Bertz CT molecular complexity index is 628. The van der Waals surface area contributed by atoms with E-state index in [1.54, 1.807) is 31.3 Å². The molecule has 116 valence electrons. The summed E-state index contributed by atoms with van der Waals surface area (Å²) < 4.78 is 27.2. The standard InChI is InChI=1S/C15H22N2O2S2/c1-11-6-5-7-12(10-11)17(2)21(18,19)14-9-4-3-8-13(14)15(16)20/h3-4,8-9,11-12H,5-7,10H2,1-2H3,(H2,16,20). The molecule has 1 aromatic rings. The monoisotopic (exact) mass is 326 g/mol. The van der Waals surface area contributed by atoms with Crippen molar-refractivity contribution in [1.29, 1.82) is 0 Å². The quantitative estimate of drug-likeness (QED) is 0.864. The van der Waals surface area contributed by atoms with Crippen molar-refractivity contribution in [2.24, 2.45) is 11.7 Å². The smallest absolute Gasteiger partial charge is 0.243 e. The molecule has 0 aromatic heterocycles. The molecule has 1 aromatic carbocycles. The third-order valence-corrected chi connectivity index (χ3v) is 6.42. The molecule has 0 bridgehead atoms. The van der Waals surface area contributed by atoms with E-state index >= 15 is 0 Å². The molecule has 2 N–H and O–H groups in total. The topological polar surface area (TPSA) is 63.4 Å². The molecule has 0 heterocycles. The molecule has 1 saturated carbocycles. The Kier molecular flexibility index (Phi) is 5.01. The summed E-state index contributed by atoms with van der Waals surface area (Å²) >= 11 is 4.97. The minimum Gasteiger partial charge on any atom is -0.389 e. The van der Waals surface area contributed by atoms with Gasteiger partial charge in [0.15, 0.2) is 0 Å². The Balaban J connectivity index is 2.35. The number of hydrogen-bond acceptors (Lipinski definition) is 3. The first-order chi connectivity index (χ1) is 9.84. The largest absolute Gasteiger partial charge is 0.389 e. The van der Waals surface area contributed by atoms with Crippen LogP contribution in [0.5, 0.6) is 0 Å². The predicted molar refractivity (Wildman–Crippen MR) is 88.7 cm³/mol. The van der Waals surface area contributed by atoms with Gasteiger partial charge in [-0.25, -0.2) is 8.42 Å². The Morgan fingerprint density at radius 3 is 2.62 bits per heavy atom. The van der Waals surface area contributed by atoms with Crippen molar-refractivity contribution >= 4 is 27.2 Å². The first kappa shape index (κ1) is 16.4. The second-order valence-electron chi connectivity index (χ2n) is 5.81. The van der Waals surface area contributed by atoms with Crippen LogP contribution in [0.2, 0.25) is 0 Å². The fourth-order valence-corrected chi connectivity index (χ4v) is 4.82. The molecule has 2 atom stereocenters. The summed E-state index contributed by atoms with van der Waals surface area (Å²) in [5, 5.41) is 0. The van der Waals surface area contributed by atoms with E-state index in [9.17, 15) is 8.42 Å². The maximum absolute atomic E-state index is 12.9. The lowest BCUT2D eigenvalue weighted by atomic mass is 9.87. The van der Waals surface area contributed by atoms with Gasteiger partial charge in [-0.3, -0.25) is 0 Å². The van der Waals surface area contributed by atoms with Crippen LogP contribution in [0.25, 0.3) is 0 Å². The number of nitrogens with zero attached hydrogens (tertiary/aromatic N) is 1. The fourth-order valence-electron chi connectivity index (χ4n) is 2.98. The molecular formula is C15H22N2O2S2. The summed E-state index contributed by atoms with van der Waals surface area (Å²) in [5.41, 5.74) is 6.08. The van der Waals surface area contributed by atoms with Crippen LogP contribution in [0.15, 0.2) is 29.2 Å². The van der Waals surface area contributed by atoms with E-state index in [0.29, 0.717) is 11.5 Å². The van der Waals surface area contributed by atoms with Crippen molar-refractivity contribution in [2.45, 2.75) is 43.5 Å². The van der Waals surface area contributed by atoms with Gasteiger partial charge in [-0.1, -0.05) is 50.2 Å². The zero-order valence-electron chi connectivity index (χ0n) is 12.5. The number of hydrogen-bond donors (Lipinski definition) is 1. The molecule has 4 nitrogen and oxygen atoms in total. The van der Waals surface area contributed by atoms with Gasteiger partial charge in [0.25, 0.3) is 0 Å². The van der Waals surface area contributed by atoms with Gasteiger partial charge in [-0.2, -0.15) is 4.31 Å². The van der Waals surface area contributed by atoms with Gasteiger partial charge in [0.05, 0.1) is 4.90 Å². The van der Waals surface area contributed by atoms with Gasteiger partial charge >= 0.3 is 0 Å². The number of sulfonamides is 1. The number of nitrogens with two attached hydrogens (primary N) is 1. The lowest BCUT2D eigenvalue weighted by Crippen LogP contribution is -2.40. The third kappa shape index (κ3) is 3.44. The van der Waals surface area contributed by atoms with Crippen molar-refractivity contribution < 1.29 is 8.42 Å². The van der Waals surface area contributed by atoms with Crippen LogP contribution in [0, 0.1) is 5.92 Å². The van der Waals surface area contributed by atoms with E-state index in [1.807, 2.05) is 0 Å². The summed E-state index contributed by atoms with van der Waals surface area (Å²) in [5.74, 6) is 0.562. The zero-order chi connectivity index (χ0) is 15.6. The summed E-state index contributed by atoms with van der Waals surface area (Å²) in [6.45, 7) is 2.18. The normalized spacial score (nSPS) is 23.2. The molecule has 1 fully saturated rings. The van der Waals surface area contributed by atoms with Gasteiger partial charge in [-0.05, 0) is 24.8 Å². The average molecular weight is 326 g/mol. The molecule has 0 saturated heterocycles. The highest BCUT2D eigenvalue weighted by molar-refractivity contribution is 7.89. The van der Waals surface area contributed by atoms with Crippen molar-refractivity contribution in [2.75, 3.05) is 7.05 Å². The van der Waals surface area contributed by atoms with E-state index in [1.165, 1.54) is 10.7 Å². The minimum absolute atomic E-state index is 0.0538. The molecule has 0 aliphatic heterocycles.